The first kappa shape index (κ1) is 18.8. The average Bonchev–Trinajstić information content (AvgIpc) is 3.30. The number of hydrogen-bond acceptors (Lipinski definition) is 7. The lowest BCUT2D eigenvalue weighted by atomic mass is 9.89. The fourth-order valence-corrected chi connectivity index (χ4v) is 2.95. The number of amides is 1. The number of carbonyl (C=O) groups excluding carboxylic acids is 1. The molecule has 1 aliphatic rings. The van der Waals surface area contributed by atoms with Gasteiger partial charge in [0.05, 0.1) is 5.56 Å². The van der Waals surface area contributed by atoms with E-state index in [1.54, 1.807) is 6.92 Å². The second-order valence-electron chi connectivity index (χ2n) is 6.70. The number of hydrogen-bond donors (Lipinski definition) is 2. The molecule has 29 heavy (non-hydrogen) atoms. The Hall–Kier alpha value is -3.50. The molecule has 1 amide bonds. The first-order chi connectivity index (χ1) is 13.8. The second kappa shape index (κ2) is 6.83. The third kappa shape index (κ3) is 3.50. The predicted octanol–water partition coefficient (Wildman–Crippen LogP) is 3.07. The zero-order valence-corrected chi connectivity index (χ0v) is 15.1. The summed E-state index contributed by atoms with van der Waals surface area (Å²) in [5.74, 6) is 0.232. The Labute approximate surface area is 162 Å². The van der Waals surface area contributed by atoms with E-state index in [4.69, 9.17) is 4.42 Å². The minimum Gasteiger partial charge on any atom is -0.418 e. The van der Waals surface area contributed by atoms with Gasteiger partial charge in [0.2, 0.25) is 11.8 Å². The van der Waals surface area contributed by atoms with Crippen molar-refractivity contribution < 1.29 is 22.4 Å². The van der Waals surface area contributed by atoms with Crippen molar-refractivity contribution in [3.05, 3.63) is 48.1 Å². The Morgan fingerprint density at radius 3 is 2.52 bits per heavy atom. The van der Waals surface area contributed by atoms with Gasteiger partial charge in [-0.25, -0.2) is 9.97 Å². The van der Waals surface area contributed by atoms with Gasteiger partial charge in [0, 0.05) is 24.6 Å². The number of nitrogens with zero attached hydrogens (tertiary/aromatic N) is 4. The molecule has 3 aromatic rings. The van der Waals surface area contributed by atoms with Crippen LogP contribution in [-0.2, 0) is 16.4 Å². The van der Waals surface area contributed by atoms with Crippen molar-refractivity contribution in [3.8, 4) is 11.6 Å². The lowest BCUT2D eigenvalue weighted by molar-refractivity contribution is -0.137. The van der Waals surface area contributed by atoms with E-state index in [0.29, 0.717) is 18.7 Å². The summed E-state index contributed by atoms with van der Waals surface area (Å²) < 4.78 is 43.9. The van der Waals surface area contributed by atoms with Crippen LogP contribution < -0.4 is 10.6 Å². The molecule has 0 radical (unpaired) electrons. The number of anilines is 2. The van der Waals surface area contributed by atoms with Crippen LogP contribution in [0.2, 0.25) is 0 Å². The van der Waals surface area contributed by atoms with Crippen LogP contribution in [0.1, 0.15) is 24.8 Å². The quantitative estimate of drug-likeness (QED) is 0.688. The lowest BCUT2D eigenvalue weighted by Crippen LogP contribution is -2.32. The molecular weight excluding hydrogens is 389 g/mol. The maximum absolute atomic E-state index is 12.7. The fourth-order valence-electron chi connectivity index (χ4n) is 2.95. The first-order valence-electron chi connectivity index (χ1n) is 8.65. The molecule has 4 rings (SSSR count). The lowest BCUT2D eigenvalue weighted by Gasteiger charge is -2.14. The largest absolute Gasteiger partial charge is 0.418 e. The van der Waals surface area contributed by atoms with Crippen LogP contribution in [0.25, 0.3) is 11.6 Å². The zero-order chi connectivity index (χ0) is 20.6. The molecule has 1 saturated heterocycles. The number of alkyl halides is 3. The zero-order valence-electron chi connectivity index (χ0n) is 15.1. The average molecular weight is 404 g/mol. The third-order valence-corrected chi connectivity index (χ3v) is 4.68. The first-order valence-corrected chi connectivity index (χ1v) is 8.65. The Balaban J connectivity index is 1.62. The Kier molecular flexibility index (Phi) is 4.44. The number of carbonyl (C=O) groups is 1. The normalized spacial score (nSPS) is 19.2. The van der Waals surface area contributed by atoms with Crippen LogP contribution in [0.3, 0.4) is 0 Å². The van der Waals surface area contributed by atoms with Crippen molar-refractivity contribution in [2.24, 2.45) is 0 Å². The van der Waals surface area contributed by atoms with Gasteiger partial charge in [-0.3, -0.25) is 4.79 Å². The fraction of sp³-hybridized carbons (Fsp3) is 0.278. The SMILES string of the molecule is CC1(c2nnc(-c3nccnc3Nc3ccc(C(F)(F)F)cc3)o2)CCNC1=O. The van der Waals surface area contributed by atoms with Crippen LogP contribution in [0.4, 0.5) is 24.7 Å². The Morgan fingerprint density at radius 1 is 1.14 bits per heavy atom. The van der Waals surface area contributed by atoms with Crippen molar-refractivity contribution in [1.29, 1.82) is 0 Å². The maximum atomic E-state index is 12.7. The molecule has 2 N–H and O–H groups in total. The summed E-state index contributed by atoms with van der Waals surface area (Å²) in [5.41, 5.74) is -1.09. The monoisotopic (exact) mass is 404 g/mol. The number of halogens is 3. The van der Waals surface area contributed by atoms with Crippen molar-refractivity contribution in [2.45, 2.75) is 24.9 Å². The molecule has 1 atom stereocenters. The van der Waals surface area contributed by atoms with Crippen LogP contribution in [0.15, 0.2) is 41.1 Å². The molecule has 0 spiro atoms. The second-order valence-corrected chi connectivity index (χ2v) is 6.70. The Bertz CT molecular complexity index is 1050. The minimum absolute atomic E-state index is 0.0448. The molecule has 150 valence electrons. The molecule has 1 unspecified atom stereocenters. The molecule has 3 heterocycles. The van der Waals surface area contributed by atoms with E-state index in [-0.39, 0.29) is 29.2 Å². The predicted molar refractivity (Wildman–Crippen MR) is 95.0 cm³/mol. The highest BCUT2D eigenvalue weighted by atomic mass is 19.4. The number of aromatic nitrogens is 4. The topological polar surface area (TPSA) is 106 Å². The summed E-state index contributed by atoms with van der Waals surface area (Å²) in [6.45, 7) is 2.23. The van der Waals surface area contributed by atoms with Gasteiger partial charge >= 0.3 is 6.18 Å². The summed E-state index contributed by atoms with van der Waals surface area (Å²) in [7, 11) is 0. The van der Waals surface area contributed by atoms with Gasteiger partial charge in [0.15, 0.2) is 11.5 Å². The van der Waals surface area contributed by atoms with Gasteiger partial charge in [-0.05, 0) is 37.6 Å². The number of benzene rings is 1. The van der Waals surface area contributed by atoms with Crippen molar-refractivity contribution in [2.75, 3.05) is 11.9 Å². The molecule has 1 aliphatic heterocycles. The Morgan fingerprint density at radius 2 is 1.86 bits per heavy atom. The molecule has 0 saturated carbocycles. The van der Waals surface area contributed by atoms with Gasteiger partial charge < -0.3 is 15.1 Å². The van der Waals surface area contributed by atoms with Crippen LogP contribution in [0, 0.1) is 0 Å². The van der Waals surface area contributed by atoms with E-state index in [0.717, 1.165) is 12.1 Å². The molecular formula is C18H15F3N6O2. The summed E-state index contributed by atoms with van der Waals surface area (Å²) in [6.07, 6.45) is -1.07. The molecule has 11 heteroatoms. The minimum atomic E-state index is -4.42. The highest BCUT2D eigenvalue weighted by Crippen LogP contribution is 2.34. The van der Waals surface area contributed by atoms with Gasteiger partial charge in [0.1, 0.15) is 5.41 Å². The highest BCUT2D eigenvalue weighted by Gasteiger charge is 2.44. The van der Waals surface area contributed by atoms with Crippen molar-refractivity contribution in [1.82, 2.24) is 25.5 Å². The molecule has 8 nitrogen and oxygen atoms in total. The van der Waals surface area contributed by atoms with Crippen LogP contribution in [0.5, 0.6) is 0 Å². The number of nitrogens with one attached hydrogen (secondary N) is 2. The van der Waals surface area contributed by atoms with E-state index >= 15 is 0 Å². The molecule has 2 aromatic heterocycles. The smallest absolute Gasteiger partial charge is 0.416 e. The van der Waals surface area contributed by atoms with Crippen molar-refractivity contribution in [3.63, 3.8) is 0 Å². The van der Waals surface area contributed by atoms with E-state index in [1.165, 1.54) is 24.5 Å². The maximum Gasteiger partial charge on any atom is 0.416 e. The van der Waals surface area contributed by atoms with Gasteiger partial charge in [-0.1, -0.05) is 0 Å². The third-order valence-electron chi connectivity index (χ3n) is 4.68. The molecule has 0 aliphatic carbocycles. The highest BCUT2D eigenvalue weighted by molar-refractivity contribution is 5.88. The molecule has 1 aromatic carbocycles. The van der Waals surface area contributed by atoms with E-state index in [9.17, 15) is 18.0 Å². The van der Waals surface area contributed by atoms with Crippen LogP contribution in [-0.4, -0.2) is 32.6 Å². The van der Waals surface area contributed by atoms with Gasteiger partial charge in [0.25, 0.3) is 5.89 Å². The molecule has 0 bridgehead atoms. The molecule has 1 fully saturated rings. The van der Waals surface area contributed by atoms with E-state index in [1.807, 2.05) is 0 Å². The van der Waals surface area contributed by atoms with Gasteiger partial charge in [-0.2, -0.15) is 13.2 Å². The van der Waals surface area contributed by atoms with E-state index < -0.39 is 17.2 Å². The summed E-state index contributed by atoms with van der Waals surface area (Å²) in [5, 5.41) is 13.6. The summed E-state index contributed by atoms with van der Waals surface area (Å²) >= 11 is 0. The standard InChI is InChI=1S/C18H15F3N6O2/c1-17(6-7-24-15(17)28)16-27-26-14(29-16)12-13(23-9-8-22-12)25-11-4-2-10(3-5-11)18(19,20)21/h2-5,8-9H,6-7H2,1H3,(H,23,25)(H,24,28). The van der Waals surface area contributed by atoms with E-state index in [2.05, 4.69) is 30.8 Å². The number of rotatable bonds is 4. The van der Waals surface area contributed by atoms with Crippen LogP contribution >= 0.6 is 0 Å². The van der Waals surface area contributed by atoms with Gasteiger partial charge in [-0.15, -0.1) is 10.2 Å². The summed E-state index contributed by atoms with van der Waals surface area (Å²) in [6, 6.07) is 4.49. The van der Waals surface area contributed by atoms with Crippen molar-refractivity contribution >= 4 is 17.4 Å². The summed E-state index contributed by atoms with van der Waals surface area (Å²) in [4.78, 5) is 20.4.